The van der Waals surface area contributed by atoms with E-state index in [-0.39, 0.29) is 5.91 Å². The standard InChI is InChI=1S/C22H20ClN3O3S2/c1-14(24-22(29)19-3-2-12-30-19)20(27)25-26-21(28)16-6-4-15(5-7-16)13-31-18-10-8-17(23)9-11-18/h2-12,14H,13H2,1H3,(H,24,29)(H,25,27)(H,26,28). The molecule has 0 aliphatic rings. The molecule has 3 amide bonds. The highest BCUT2D eigenvalue weighted by molar-refractivity contribution is 7.98. The van der Waals surface area contributed by atoms with Crippen molar-refractivity contribution in [2.75, 3.05) is 0 Å². The molecule has 3 aromatic rings. The summed E-state index contributed by atoms with van der Waals surface area (Å²) in [5.41, 5.74) is 6.17. The fraction of sp³-hybridized carbons (Fsp3) is 0.136. The zero-order chi connectivity index (χ0) is 22.2. The van der Waals surface area contributed by atoms with Gasteiger partial charge in [-0.15, -0.1) is 23.1 Å². The second kappa shape index (κ2) is 11.0. The Hall–Kier alpha value is -2.81. The monoisotopic (exact) mass is 473 g/mol. The molecule has 31 heavy (non-hydrogen) atoms. The number of thiophene rings is 1. The number of carbonyl (C=O) groups is 3. The minimum Gasteiger partial charge on any atom is -0.340 e. The number of nitrogens with one attached hydrogen (secondary N) is 3. The van der Waals surface area contributed by atoms with Gasteiger partial charge >= 0.3 is 0 Å². The lowest BCUT2D eigenvalue weighted by Crippen LogP contribution is -2.51. The summed E-state index contributed by atoms with van der Waals surface area (Å²) in [6.45, 7) is 1.54. The molecule has 0 fully saturated rings. The quantitative estimate of drug-likeness (QED) is 0.353. The number of halogens is 1. The third-order valence-corrected chi connectivity index (χ3v) is 6.42. The summed E-state index contributed by atoms with van der Waals surface area (Å²) in [5, 5.41) is 5.06. The Labute approximate surface area is 193 Å². The minimum atomic E-state index is -0.804. The molecule has 0 saturated heterocycles. The second-order valence-corrected chi connectivity index (χ2v) is 8.99. The van der Waals surface area contributed by atoms with Gasteiger partial charge in [-0.25, -0.2) is 0 Å². The predicted octanol–water partition coefficient (Wildman–Crippen LogP) is 4.27. The maximum atomic E-state index is 12.3. The Morgan fingerprint density at radius 1 is 0.968 bits per heavy atom. The van der Waals surface area contributed by atoms with Crippen LogP contribution in [0.4, 0.5) is 0 Å². The number of hydrogen-bond donors (Lipinski definition) is 3. The summed E-state index contributed by atoms with van der Waals surface area (Å²) in [4.78, 5) is 38.0. The number of hydrazine groups is 1. The van der Waals surface area contributed by atoms with Gasteiger partial charge in [0, 0.05) is 21.2 Å². The van der Waals surface area contributed by atoms with Gasteiger partial charge in [0.25, 0.3) is 17.7 Å². The maximum Gasteiger partial charge on any atom is 0.269 e. The molecule has 2 aromatic carbocycles. The van der Waals surface area contributed by atoms with Gasteiger partial charge in [0.05, 0.1) is 4.88 Å². The molecular formula is C22H20ClN3O3S2. The van der Waals surface area contributed by atoms with Crippen LogP contribution >= 0.6 is 34.7 Å². The smallest absolute Gasteiger partial charge is 0.269 e. The van der Waals surface area contributed by atoms with Gasteiger partial charge in [-0.2, -0.15) is 0 Å². The van der Waals surface area contributed by atoms with Gasteiger partial charge in [0.15, 0.2) is 0 Å². The first-order valence-corrected chi connectivity index (χ1v) is 11.6. The van der Waals surface area contributed by atoms with Crippen LogP contribution in [-0.2, 0) is 10.5 Å². The highest BCUT2D eigenvalue weighted by Gasteiger charge is 2.18. The predicted molar refractivity (Wildman–Crippen MR) is 124 cm³/mol. The first-order chi connectivity index (χ1) is 14.9. The first-order valence-electron chi connectivity index (χ1n) is 9.34. The number of benzene rings is 2. The number of rotatable bonds is 7. The van der Waals surface area contributed by atoms with E-state index in [0.717, 1.165) is 16.2 Å². The lowest BCUT2D eigenvalue weighted by Gasteiger charge is -2.14. The molecule has 1 heterocycles. The molecule has 0 bridgehead atoms. The molecule has 0 radical (unpaired) electrons. The Morgan fingerprint density at radius 3 is 2.32 bits per heavy atom. The van der Waals surface area contributed by atoms with Crippen LogP contribution in [0.15, 0.2) is 70.9 Å². The van der Waals surface area contributed by atoms with E-state index in [9.17, 15) is 14.4 Å². The van der Waals surface area contributed by atoms with E-state index in [1.54, 1.807) is 48.3 Å². The molecule has 0 saturated carbocycles. The number of thioether (sulfide) groups is 1. The van der Waals surface area contributed by atoms with Crippen molar-refractivity contribution >= 4 is 52.4 Å². The van der Waals surface area contributed by atoms with Crippen LogP contribution in [0.5, 0.6) is 0 Å². The third kappa shape index (κ3) is 6.85. The number of carbonyl (C=O) groups excluding carboxylic acids is 3. The average Bonchev–Trinajstić information content (AvgIpc) is 3.32. The van der Waals surface area contributed by atoms with E-state index >= 15 is 0 Å². The molecule has 0 spiro atoms. The molecule has 1 aromatic heterocycles. The van der Waals surface area contributed by atoms with Crippen LogP contribution in [0.2, 0.25) is 5.02 Å². The van der Waals surface area contributed by atoms with E-state index in [1.165, 1.54) is 11.3 Å². The number of amides is 3. The highest BCUT2D eigenvalue weighted by atomic mass is 35.5. The van der Waals surface area contributed by atoms with Gasteiger partial charge in [0.2, 0.25) is 0 Å². The van der Waals surface area contributed by atoms with Crippen molar-refractivity contribution in [3.8, 4) is 0 Å². The van der Waals surface area contributed by atoms with Crippen molar-refractivity contribution in [2.24, 2.45) is 0 Å². The summed E-state index contributed by atoms with van der Waals surface area (Å²) < 4.78 is 0. The minimum absolute atomic E-state index is 0.337. The Bertz CT molecular complexity index is 1040. The zero-order valence-corrected chi connectivity index (χ0v) is 18.9. The SMILES string of the molecule is CC(NC(=O)c1cccs1)C(=O)NNC(=O)c1ccc(CSc2ccc(Cl)cc2)cc1. The molecule has 1 unspecified atom stereocenters. The summed E-state index contributed by atoms with van der Waals surface area (Å²) in [6.07, 6.45) is 0. The molecule has 0 aliphatic heterocycles. The van der Waals surface area contributed by atoms with E-state index in [1.807, 2.05) is 36.4 Å². The Kier molecular flexibility index (Phi) is 8.11. The van der Waals surface area contributed by atoms with Gasteiger partial charge in [-0.3, -0.25) is 25.2 Å². The van der Waals surface area contributed by atoms with Crippen LogP contribution in [0, 0.1) is 0 Å². The molecule has 3 N–H and O–H groups in total. The van der Waals surface area contributed by atoms with Gasteiger partial charge in [-0.05, 0) is 60.3 Å². The van der Waals surface area contributed by atoms with Crippen molar-refractivity contribution in [2.45, 2.75) is 23.6 Å². The fourth-order valence-electron chi connectivity index (χ4n) is 2.49. The van der Waals surface area contributed by atoms with E-state index in [0.29, 0.717) is 15.5 Å². The average molecular weight is 474 g/mol. The second-order valence-electron chi connectivity index (χ2n) is 6.56. The van der Waals surface area contributed by atoms with Crippen molar-refractivity contribution < 1.29 is 14.4 Å². The lowest BCUT2D eigenvalue weighted by molar-refractivity contribution is -0.123. The lowest BCUT2D eigenvalue weighted by atomic mass is 10.1. The van der Waals surface area contributed by atoms with Gasteiger partial charge in [-0.1, -0.05) is 29.8 Å². The zero-order valence-electron chi connectivity index (χ0n) is 16.6. The molecule has 0 aliphatic carbocycles. The molecule has 3 rings (SSSR count). The molecule has 160 valence electrons. The van der Waals surface area contributed by atoms with Crippen molar-refractivity contribution in [3.63, 3.8) is 0 Å². The van der Waals surface area contributed by atoms with Crippen LogP contribution in [0.3, 0.4) is 0 Å². The number of hydrogen-bond acceptors (Lipinski definition) is 5. The van der Waals surface area contributed by atoms with E-state index in [4.69, 9.17) is 11.6 Å². The van der Waals surface area contributed by atoms with Crippen LogP contribution in [0.25, 0.3) is 0 Å². The van der Waals surface area contributed by atoms with Gasteiger partial charge in [0.1, 0.15) is 6.04 Å². The first kappa shape index (κ1) is 22.9. The molecule has 1 atom stereocenters. The maximum absolute atomic E-state index is 12.3. The van der Waals surface area contributed by atoms with Crippen LogP contribution in [-0.4, -0.2) is 23.8 Å². The fourth-order valence-corrected chi connectivity index (χ4v) is 4.10. The normalized spacial score (nSPS) is 11.4. The van der Waals surface area contributed by atoms with Crippen LogP contribution < -0.4 is 16.2 Å². The van der Waals surface area contributed by atoms with Gasteiger partial charge < -0.3 is 5.32 Å². The van der Waals surface area contributed by atoms with E-state index in [2.05, 4.69) is 16.2 Å². The van der Waals surface area contributed by atoms with Crippen molar-refractivity contribution in [3.05, 3.63) is 87.1 Å². The highest BCUT2D eigenvalue weighted by Crippen LogP contribution is 2.24. The largest absolute Gasteiger partial charge is 0.340 e. The van der Waals surface area contributed by atoms with Crippen molar-refractivity contribution in [1.82, 2.24) is 16.2 Å². The molecular weight excluding hydrogens is 454 g/mol. The van der Waals surface area contributed by atoms with E-state index < -0.39 is 17.9 Å². The molecule has 9 heteroatoms. The Balaban J connectivity index is 1.44. The van der Waals surface area contributed by atoms with Crippen molar-refractivity contribution in [1.29, 1.82) is 0 Å². The van der Waals surface area contributed by atoms with Crippen LogP contribution in [0.1, 0.15) is 32.5 Å². The summed E-state index contributed by atoms with van der Waals surface area (Å²) in [6, 6.07) is 17.4. The summed E-state index contributed by atoms with van der Waals surface area (Å²) in [5.74, 6) is -0.547. The third-order valence-electron chi connectivity index (χ3n) is 4.22. The molecule has 6 nitrogen and oxygen atoms in total. The summed E-state index contributed by atoms with van der Waals surface area (Å²) >= 11 is 8.84. The topological polar surface area (TPSA) is 87.3 Å². The Morgan fingerprint density at radius 2 is 1.68 bits per heavy atom. The summed E-state index contributed by atoms with van der Waals surface area (Å²) in [7, 11) is 0.